The summed E-state index contributed by atoms with van der Waals surface area (Å²) in [5.41, 5.74) is 17.3. The van der Waals surface area contributed by atoms with Crippen molar-refractivity contribution >= 4 is 21.5 Å². The first-order chi connectivity index (χ1) is 21.3. The normalized spacial score (nSPS) is 13.3. The van der Waals surface area contributed by atoms with Gasteiger partial charge in [0.15, 0.2) is 0 Å². The fourth-order valence-electron chi connectivity index (χ4n) is 8.00. The van der Waals surface area contributed by atoms with Crippen molar-refractivity contribution in [3.63, 3.8) is 0 Å². The summed E-state index contributed by atoms with van der Waals surface area (Å²) in [5.74, 6) is 0. The van der Waals surface area contributed by atoms with Gasteiger partial charge < -0.3 is 0 Å². The van der Waals surface area contributed by atoms with Crippen molar-refractivity contribution in [3.05, 3.63) is 155 Å². The summed E-state index contributed by atoms with van der Waals surface area (Å²) in [4.78, 5) is 0. The van der Waals surface area contributed by atoms with E-state index in [4.69, 9.17) is 0 Å². The van der Waals surface area contributed by atoms with E-state index in [0.717, 1.165) is 0 Å². The average molecular weight is 565 g/mol. The third-order valence-corrected chi connectivity index (χ3v) is 9.95. The molecule has 7 aromatic rings. The van der Waals surface area contributed by atoms with Crippen LogP contribution in [0.15, 0.2) is 127 Å². The molecule has 44 heavy (non-hydrogen) atoms. The van der Waals surface area contributed by atoms with Crippen LogP contribution in [0.1, 0.15) is 41.7 Å². The first-order valence-electron chi connectivity index (χ1n) is 15.7. The maximum absolute atomic E-state index is 2.41. The van der Waals surface area contributed by atoms with Crippen LogP contribution in [0, 0.1) is 20.8 Å². The van der Waals surface area contributed by atoms with Gasteiger partial charge in [-0.3, -0.25) is 0 Å². The third-order valence-electron chi connectivity index (χ3n) is 9.95. The Morgan fingerprint density at radius 3 is 1.48 bits per heavy atom. The zero-order chi connectivity index (χ0) is 30.2. The lowest BCUT2D eigenvalue weighted by atomic mass is 9.81. The van der Waals surface area contributed by atoms with E-state index < -0.39 is 0 Å². The van der Waals surface area contributed by atoms with E-state index in [-0.39, 0.29) is 5.41 Å². The first kappa shape index (κ1) is 26.7. The molecule has 0 N–H and O–H groups in total. The lowest BCUT2D eigenvalue weighted by molar-refractivity contribution is 0.660. The molecule has 0 atom stereocenters. The number of fused-ring (bicyclic) bond motifs is 5. The lowest BCUT2D eigenvalue weighted by Gasteiger charge is -2.22. The molecule has 0 amide bonds. The minimum absolute atomic E-state index is 0.00435. The van der Waals surface area contributed by atoms with Crippen LogP contribution >= 0.6 is 0 Å². The monoisotopic (exact) mass is 564 g/mol. The molecule has 0 spiro atoms. The molecule has 0 bridgehead atoms. The Morgan fingerprint density at radius 1 is 0.386 bits per heavy atom. The first-order valence-corrected chi connectivity index (χ1v) is 15.7. The van der Waals surface area contributed by atoms with Gasteiger partial charge in [0.05, 0.1) is 0 Å². The Labute approximate surface area is 260 Å². The van der Waals surface area contributed by atoms with Crippen LogP contribution in [0.2, 0.25) is 0 Å². The van der Waals surface area contributed by atoms with Crippen molar-refractivity contribution in [2.45, 2.75) is 40.0 Å². The second kappa shape index (κ2) is 9.79. The summed E-state index contributed by atoms with van der Waals surface area (Å²) in [6, 6.07) is 47.7. The van der Waals surface area contributed by atoms with Crippen LogP contribution in [0.4, 0.5) is 0 Å². The SMILES string of the molecule is Cc1cc(C)c(-c2c3ccccc3c(-c3ccc(-c4ccc5c(c4)C(C)(C)c4ccccc4-5)cc3)c3ccccc23)c(C)c1. The van der Waals surface area contributed by atoms with Gasteiger partial charge in [0, 0.05) is 5.41 Å². The smallest absolute Gasteiger partial charge is 0.0159 e. The van der Waals surface area contributed by atoms with E-state index in [1.165, 1.54) is 93.9 Å². The highest BCUT2D eigenvalue weighted by Crippen LogP contribution is 2.50. The second-order valence-corrected chi connectivity index (χ2v) is 13.1. The molecule has 0 saturated carbocycles. The number of benzene rings is 7. The van der Waals surface area contributed by atoms with E-state index in [0.29, 0.717) is 0 Å². The van der Waals surface area contributed by atoms with Crippen molar-refractivity contribution < 1.29 is 0 Å². The molecule has 0 aliphatic heterocycles. The summed E-state index contributed by atoms with van der Waals surface area (Å²) in [6.45, 7) is 11.4. The van der Waals surface area contributed by atoms with Gasteiger partial charge in [-0.15, -0.1) is 0 Å². The van der Waals surface area contributed by atoms with E-state index in [1.54, 1.807) is 0 Å². The Balaban J connectivity index is 1.29. The minimum Gasteiger partial charge on any atom is -0.0619 e. The van der Waals surface area contributed by atoms with Gasteiger partial charge in [-0.25, -0.2) is 0 Å². The lowest BCUT2D eigenvalue weighted by Crippen LogP contribution is -2.14. The molecule has 0 heteroatoms. The van der Waals surface area contributed by atoms with E-state index >= 15 is 0 Å². The number of hydrogen-bond donors (Lipinski definition) is 0. The molecule has 0 fully saturated rings. The van der Waals surface area contributed by atoms with E-state index in [9.17, 15) is 0 Å². The zero-order valence-corrected chi connectivity index (χ0v) is 26.1. The summed E-state index contributed by atoms with van der Waals surface area (Å²) in [5, 5.41) is 5.21. The Bertz CT molecular complexity index is 2180. The zero-order valence-electron chi connectivity index (χ0n) is 26.1. The predicted octanol–water partition coefficient (Wildman–Crippen LogP) is 12.2. The predicted molar refractivity (Wildman–Crippen MR) is 190 cm³/mol. The molecule has 7 aromatic carbocycles. The maximum Gasteiger partial charge on any atom is 0.0159 e. The molecule has 8 rings (SSSR count). The molecule has 0 aromatic heterocycles. The molecular weight excluding hydrogens is 528 g/mol. The summed E-state index contributed by atoms with van der Waals surface area (Å²) < 4.78 is 0. The van der Waals surface area contributed by atoms with Crippen molar-refractivity contribution in [3.8, 4) is 44.5 Å². The number of hydrogen-bond acceptors (Lipinski definition) is 0. The Kier molecular flexibility index (Phi) is 5.94. The highest BCUT2D eigenvalue weighted by atomic mass is 14.4. The minimum atomic E-state index is -0.00435. The maximum atomic E-state index is 2.41. The van der Waals surface area contributed by atoms with Gasteiger partial charge in [-0.05, 0) is 115 Å². The van der Waals surface area contributed by atoms with E-state index in [1.807, 2.05) is 0 Å². The molecule has 0 heterocycles. The van der Waals surface area contributed by atoms with Crippen molar-refractivity contribution in [1.82, 2.24) is 0 Å². The van der Waals surface area contributed by atoms with Gasteiger partial charge in [-0.2, -0.15) is 0 Å². The van der Waals surface area contributed by atoms with Crippen molar-refractivity contribution in [2.24, 2.45) is 0 Å². The highest BCUT2D eigenvalue weighted by molar-refractivity contribution is 6.21. The van der Waals surface area contributed by atoms with Gasteiger partial charge in [0.25, 0.3) is 0 Å². The van der Waals surface area contributed by atoms with Crippen LogP contribution in [0.25, 0.3) is 66.1 Å². The quantitative estimate of drug-likeness (QED) is 0.187. The third kappa shape index (κ3) is 3.91. The molecule has 0 radical (unpaired) electrons. The van der Waals surface area contributed by atoms with Gasteiger partial charge in [-0.1, -0.05) is 141 Å². The van der Waals surface area contributed by atoms with Crippen LogP contribution < -0.4 is 0 Å². The topological polar surface area (TPSA) is 0 Å². The summed E-state index contributed by atoms with van der Waals surface area (Å²) >= 11 is 0. The summed E-state index contributed by atoms with van der Waals surface area (Å²) in [6.07, 6.45) is 0. The van der Waals surface area contributed by atoms with Crippen LogP contribution in [-0.4, -0.2) is 0 Å². The molecule has 0 nitrogen and oxygen atoms in total. The van der Waals surface area contributed by atoms with Crippen molar-refractivity contribution in [2.75, 3.05) is 0 Å². The number of rotatable bonds is 3. The van der Waals surface area contributed by atoms with Crippen LogP contribution in [0.5, 0.6) is 0 Å². The number of aryl methyl sites for hydroxylation is 3. The van der Waals surface area contributed by atoms with Crippen molar-refractivity contribution in [1.29, 1.82) is 0 Å². The highest BCUT2D eigenvalue weighted by Gasteiger charge is 2.35. The Morgan fingerprint density at radius 2 is 0.864 bits per heavy atom. The molecule has 212 valence electrons. The van der Waals surface area contributed by atoms with Gasteiger partial charge >= 0.3 is 0 Å². The standard InChI is InChI=1S/C44H36/c1-27-24-28(2)41(29(3)25-27)43-37-15-8-6-13-35(37)42(36-14-7-9-16-38(36)43)31-20-18-30(19-21-31)32-22-23-34-33-12-10-11-17-39(33)44(4,5)40(34)26-32/h6-26H,1-5H3. The van der Waals surface area contributed by atoms with Gasteiger partial charge in [0.2, 0.25) is 0 Å². The van der Waals surface area contributed by atoms with E-state index in [2.05, 4.69) is 162 Å². The van der Waals surface area contributed by atoms with Crippen LogP contribution in [-0.2, 0) is 5.41 Å². The van der Waals surface area contributed by atoms with Gasteiger partial charge in [0.1, 0.15) is 0 Å². The largest absolute Gasteiger partial charge is 0.0619 e. The molecule has 0 unspecified atom stereocenters. The summed E-state index contributed by atoms with van der Waals surface area (Å²) in [7, 11) is 0. The fourth-order valence-corrected chi connectivity index (χ4v) is 8.00. The molecule has 1 aliphatic carbocycles. The Hall–Kier alpha value is -4.94. The molecule has 1 aliphatic rings. The average Bonchev–Trinajstić information content (AvgIpc) is 3.26. The van der Waals surface area contributed by atoms with Crippen LogP contribution in [0.3, 0.4) is 0 Å². The fraction of sp³-hybridized carbons (Fsp3) is 0.136. The molecular formula is C44H36. The molecule has 0 saturated heterocycles. The second-order valence-electron chi connectivity index (χ2n) is 13.1.